The summed E-state index contributed by atoms with van der Waals surface area (Å²) in [6, 6.07) is 7.85. The van der Waals surface area contributed by atoms with Gasteiger partial charge in [-0.2, -0.15) is 18.3 Å². The van der Waals surface area contributed by atoms with Gasteiger partial charge in [-0.3, -0.25) is 5.43 Å². The van der Waals surface area contributed by atoms with Crippen molar-refractivity contribution in [1.82, 2.24) is 5.43 Å². The van der Waals surface area contributed by atoms with Gasteiger partial charge >= 0.3 is 6.18 Å². The molecular weight excluding hydrogens is 249 g/mol. The van der Waals surface area contributed by atoms with E-state index in [-0.39, 0.29) is 0 Å². The van der Waals surface area contributed by atoms with Crippen LogP contribution in [0.5, 0.6) is 0 Å². The molecule has 0 bridgehead atoms. The fraction of sp³-hybridized carbons (Fsp3) is 0.364. The van der Waals surface area contributed by atoms with Crippen molar-refractivity contribution in [2.45, 2.75) is 18.5 Å². The normalized spacial score (nSPS) is 25.5. The number of benzene rings is 1. The first-order valence-electron chi connectivity index (χ1n) is 5.22. The number of nitrogens with zero attached hydrogens (tertiary/aromatic N) is 1. The van der Waals surface area contributed by atoms with Crippen LogP contribution in [0.15, 0.2) is 35.4 Å². The third-order valence-corrected chi connectivity index (χ3v) is 2.74. The Morgan fingerprint density at radius 1 is 1.22 bits per heavy atom. The standard InChI is InChI=1S/C11H11F3N2O2/c12-11(13,14)9-7(10(18)16-15-9)8(17)6-4-2-1-3-5-6/h1-5,7-8,10,16-18H. The van der Waals surface area contributed by atoms with Gasteiger partial charge in [-0.25, -0.2) is 0 Å². The molecule has 3 unspecified atom stereocenters. The fourth-order valence-electron chi connectivity index (χ4n) is 1.87. The zero-order valence-corrected chi connectivity index (χ0v) is 9.09. The summed E-state index contributed by atoms with van der Waals surface area (Å²) in [5.74, 6) is -1.53. The van der Waals surface area contributed by atoms with E-state index < -0.39 is 30.1 Å². The van der Waals surface area contributed by atoms with Crippen LogP contribution in [0.4, 0.5) is 13.2 Å². The molecule has 1 aliphatic rings. The topological polar surface area (TPSA) is 64.8 Å². The minimum Gasteiger partial charge on any atom is -0.388 e. The predicted molar refractivity (Wildman–Crippen MR) is 57.5 cm³/mol. The van der Waals surface area contributed by atoms with Crippen LogP contribution >= 0.6 is 0 Å². The number of aliphatic hydroxyl groups excluding tert-OH is 2. The Morgan fingerprint density at radius 2 is 1.83 bits per heavy atom. The van der Waals surface area contributed by atoms with Crippen LogP contribution in [0.2, 0.25) is 0 Å². The summed E-state index contributed by atoms with van der Waals surface area (Å²) in [5.41, 5.74) is 1.03. The molecule has 7 heteroatoms. The molecule has 0 aromatic heterocycles. The molecule has 3 atom stereocenters. The molecule has 18 heavy (non-hydrogen) atoms. The SMILES string of the molecule is OC1NN=C(C(F)(F)F)C1C(O)c1ccccc1. The van der Waals surface area contributed by atoms with Crippen LogP contribution in [0, 0.1) is 5.92 Å². The summed E-state index contributed by atoms with van der Waals surface area (Å²) in [7, 11) is 0. The van der Waals surface area contributed by atoms with Gasteiger partial charge in [-0.15, -0.1) is 0 Å². The highest BCUT2D eigenvalue weighted by atomic mass is 19.4. The van der Waals surface area contributed by atoms with Crippen molar-refractivity contribution in [2.75, 3.05) is 0 Å². The molecule has 4 nitrogen and oxygen atoms in total. The highest BCUT2D eigenvalue weighted by molar-refractivity contribution is 5.93. The van der Waals surface area contributed by atoms with Crippen LogP contribution in [0.3, 0.4) is 0 Å². The van der Waals surface area contributed by atoms with Gasteiger partial charge in [-0.1, -0.05) is 30.3 Å². The van der Waals surface area contributed by atoms with Crippen LogP contribution in [0.1, 0.15) is 11.7 Å². The Kier molecular flexibility index (Phi) is 3.27. The number of nitrogens with one attached hydrogen (secondary N) is 1. The first kappa shape index (κ1) is 12.8. The van der Waals surface area contributed by atoms with Gasteiger partial charge in [0.1, 0.15) is 0 Å². The summed E-state index contributed by atoms with van der Waals surface area (Å²) in [4.78, 5) is 0. The van der Waals surface area contributed by atoms with Crippen LogP contribution in [-0.4, -0.2) is 28.3 Å². The Balaban J connectivity index is 2.29. The van der Waals surface area contributed by atoms with E-state index in [1.807, 2.05) is 5.43 Å². The van der Waals surface area contributed by atoms with Crippen LogP contribution in [-0.2, 0) is 0 Å². The summed E-state index contributed by atoms with van der Waals surface area (Å²) < 4.78 is 38.0. The second-order valence-electron chi connectivity index (χ2n) is 3.95. The summed E-state index contributed by atoms with van der Waals surface area (Å²) in [6.45, 7) is 0. The second-order valence-corrected chi connectivity index (χ2v) is 3.95. The number of alkyl halides is 3. The minimum atomic E-state index is -4.69. The fourth-order valence-corrected chi connectivity index (χ4v) is 1.87. The molecule has 1 aromatic rings. The van der Waals surface area contributed by atoms with Gasteiger partial charge in [0, 0.05) is 0 Å². The van der Waals surface area contributed by atoms with Crippen LogP contribution < -0.4 is 5.43 Å². The number of hydrazone groups is 1. The molecule has 0 saturated heterocycles. The summed E-state index contributed by atoms with van der Waals surface area (Å²) in [5, 5.41) is 22.5. The smallest absolute Gasteiger partial charge is 0.388 e. The molecule has 1 aromatic carbocycles. The Morgan fingerprint density at radius 3 is 2.39 bits per heavy atom. The highest BCUT2D eigenvalue weighted by Crippen LogP contribution is 2.34. The number of halogens is 3. The van der Waals surface area contributed by atoms with E-state index in [1.165, 1.54) is 12.1 Å². The quantitative estimate of drug-likeness (QED) is 0.748. The van der Waals surface area contributed by atoms with Gasteiger partial charge in [0.2, 0.25) is 0 Å². The summed E-state index contributed by atoms with van der Waals surface area (Å²) in [6.07, 6.45) is -7.72. The first-order chi connectivity index (χ1) is 8.41. The summed E-state index contributed by atoms with van der Waals surface area (Å²) >= 11 is 0. The van der Waals surface area contributed by atoms with E-state index in [0.29, 0.717) is 5.56 Å². The Hall–Kier alpha value is -1.60. The number of hydrogen-bond acceptors (Lipinski definition) is 4. The second kappa shape index (κ2) is 4.58. The Bertz CT molecular complexity index is 447. The van der Waals surface area contributed by atoms with E-state index in [2.05, 4.69) is 5.10 Å². The molecular formula is C11H11F3N2O2. The molecule has 0 radical (unpaired) electrons. The van der Waals surface area contributed by atoms with Crippen molar-refractivity contribution in [3.8, 4) is 0 Å². The highest BCUT2D eigenvalue weighted by Gasteiger charge is 2.50. The van der Waals surface area contributed by atoms with Gasteiger partial charge in [0.15, 0.2) is 11.9 Å². The van der Waals surface area contributed by atoms with Gasteiger partial charge < -0.3 is 10.2 Å². The minimum absolute atomic E-state index is 0.294. The molecule has 0 saturated carbocycles. The lowest BCUT2D eigenvalue weighted by molar-refractivity contribution is -0.0697. The molecule has 1 aliphatic heterocycles. The molecule has 98 valence electrons. The van der Waals surface area contributed by atoms with Crippen molar-refractivity contribution in [3.05, 3.63) is 35.9 Å². The first-order valence-corrected chi connectivity index (χ1v) is 5.22. The van der Waals surface area contributed by atoms with E-state index in [4.69, 9.17) is 0 Å². The van der Waals surface area contributed by atoms with E-state index in [0.717, 1.165) is 0 Å². The van der Waals surface area contributed by atoms with Crippen molar-refractivity contribution in [2.24, 2.45) is 11.0 Å². The predicted octanol–water partition coefficient (Wildman–Crippen LogP) is 1.18. The van der Waals surface area contributed by atoms with E-state index in [9.17, 15) is 23.4 Å². The third-order valence-electron chi connectivity index (χ3n) is 2.74. The van der Waals surface area contributed by atoms with E-state index >= 15 is 0 Å². The molecule has 0 amide bonds. The zero-order valence-electron chi connectivity index (χ0n) is 9.09. The Labute approximate surface area is 101 Å². The van der Waals surface area contributed by atoms with Gasteiger partial charge in [0.25, 0.3) is 0 Å². The van der Waals surface area contributed by atoms with Crippen molar-refractivity contribution < 1.29 is 23.4 Å². The molecule has 0 fully saturated rings. The van der Waals surface area contributed by atoms with Gasteiger partial charge in [0.05, 0.1) is 12.0 Å². The lowest BCUT2D eigenvalue weighted by atomic mass is 9.90. The largest absolute Gasteiger partial charge is 0.431 e. The maximum absolute atomic E-state index is 12.7. The van der Waals surface area contributed by atoms with Crippen molar-refractivity contribution >= 4 is 5.71 Å². The van der Waals surface area contributed by atoms with Crippen molar-refractivity contribution in [1.29, 1.82) is 0 Å². The molecule has 1 heterocycles. The zero-order chi connectivity index (χ0) is 13.3. The number of aliphatic hydroxyl groups is 2. The lowest BCUT2D eigenvalue weighted by Gasteiger charge is -2.23. The lowest BCUT2D eigenvalue weighted by Crippen LogP contribution is -2.39. The molecule has 0 aliphatic carbocycles. The molecule has 0 spiro atoms. The maximum Gasteiger partial charge on any atom is 0.431 e. The number of hydrogen-bond donors (Lipinski definition) is 3. The van der Waals surface area contributed by atoms with Crippen molar-refractivity contribution in [3.63, 3.8) is 0 Å². The average Bonchev–Trinajstić information content (AvgIpc) is 2.71. The number of rotatable bonds is 2. The van der Waals surface area contributed by atoms with E-state index in [1.54, 1.807) is 18.2 Å². The third kappa shape index (κ3) is 2.32. The monoisotopic (exact) mass is 260 g/mol. The van der Waals surface area contributed by atoms with Gasteiger partial charge in [-0.05, 0) is 5.56 Å². The molecule has 3 N–H and O–H groups in total. The maximum atomic E-state index is 12.7. The molecule has 2 rings (SSSR count). The average molecular weight is 260 g/mol. The van der Waals surface area contributed by atoms with Crippen LogP contribution in [0.25, 0.3) is 0 Å².